The van der Waals surface area contributed by atoms with Crippen LogP contribution < -0.4 is 10.6 Å². The highest BCUT2D eigenvalue weighted by Crippen LogP contribution is 2.33. The number of nitrogens with one attached hydrogen (secondary N) is 2. The maximum absolute atomic E-state index is 4.89. The topological polar surface area (TPSA) is 37.0 Å². The zero-order valence-corrected chi connectivity index (χ0v) is 17.9. The third-order valence-corrected chi connectivity index (χ3v) is 6.06. The molecule has 0 saturated carbocycles. The summed E-state index contributed by atoms with van der Waals surface area (Å²) in [4.78, 5) is 4.89. The van der Waals surface area contributed by atoms with Crippen LogP contribution in [0.1, 0.15) is 40.5 Å². The largest absolute Gasteiger partial charge is 0.359 e. The van der Waals surface area contributed by atoms with E-state index in [1.807, 2.05) is 0 Å². The van der Waals surface area contributed by atoms with E-state index in [-0.39, 0.29) is 11.1 Å². The molecular formula is C24H29N3S. The van der Waals surface area contributed by atoms with Crippen LogP contribution >= 0.6 is 11.3 Å². The Balaban J connectivity index is 1.52. The minimum Gasteiger partial charge on any atom is -0.359 e. The Labute approximate surface area is 172 Å². The van der Waals surface area contributed by atoms with Crippen LogP contribution in [0.3, 0.4) is 0 Å². The molecule has 3 nitrogen and oxygen atoms in total. The molecule has 1 aliphatic heterocycles. The fraction of sp³-hybridized carbons (Fsp3) is 0.375. The van der Waals surface area contributed by atoms with Gasteiger partial charge < -0.3 is 10.6 Å². The van der Waals surface area contributed by atoms with E-state index >= 15 is 0 Å². The Bertz CT molecular complexity index is 927. The summed E-state index contributed by atoms with van der Waals surface area (Å²) < 4.78 is 0. The smallest absolute Gasteiger partial charge is 0.183 e. The molecule has 1 fully saturated rings. The summed E-state index contributed by atoms with van der Waals surface area (Å²) in [5.74, 6) is 0. The quantitative estimate of drug-likeness (QED) is 0.556. The van der Waals surface area contributed by atoms with Crippen LogP contribution in [0.25, 0.3) is 22.4 Å². The van der Waals surface area contributed by atoms with Gasteiger partial charge in [0, 0.05) is 28.1 Å². The first kappa shape index (κ1) is 19.2. The second kappa shape index (κ2) is 7.34. The molecule has 0 bridgehead atoms. The molecule has 146 valence electrons. The van der Waals surface area contributed by atoms with Crippen molar-refractivity contribution in [1.82, 2.24) is 10.3 Å². The zero-order chi connectivity index (χ0) is 19.8. The number of hydrogen-bond donors (Lipinski definition) is 2. The van der Waals surface area contributed by atoms with Crippen molar-refractivity contribution in [1.29, 1.82) is 0 Å². The molecule has 2 N–H and O–H groups in total. The van der Waals surface area contributed by atoms with Crippen LogP contribution in [-0.4, -0.2) is 22.1 Å². The molecule has 4 heteroatoms. The van der Waals surface area contributed by atoms with E-state index < -0.39 is 0 Å². The lowest BCUT2D eigenvalue weighted by molar-refractivity contribution is 0.170. The Hall–Kier alpha value is -2.17. The zero-order valence-electron chi connectivity index (χ0n) is 17.1. The van der Waals surface area contributed by atoms with E-state index in [1.165, 1.54) is 11.1 Å². The third-order valence-electron chi connectivity index (χ3n) is 5.29. The van der Waals surface area contributed by atoms with Crippen LogP contribution in [0.15, 0.2) is 60.0 Å². The van der Waals surface area contributed by atoms with E-state index in [1.54, 1.807) is 11.3 Å². The summed E-state index contributed by atoms with van der Waals surface area (Å²) in [5, 5.41) is 10.6. The first-order chi connectivity index (χ1) is 13.3. The van der Waals surface area contributed by atoms with Crippen LogP contribution in [0.2, 0.25) is 0 Å². The molecular weight excluding hydrogens is 362 g/mol. The average molecular weight is 392 g/mol. The molecule has 0 unspecified atom stereocenters. The Morgan fingerprint density at radius 2 is 1.54 bits per heavy atom. The molecule has 0 spiro atoms. The van der Waals surface area contributed by atoms with Gasteiger partial charge in [-0.3, -0.25) is 0 Å². The first-order valence-corrected chi connectivity index (χ1v) is 10.8. The summed E-state index contributed by atoms with van der Waals surface area (Å²) >= 11 is 1.70. The number of piperidine rings is 1. The van der Waals surface area contributed by atoms with Crippen LogP contribution in [-0.2, 0) is 0 Å². The minimum absolute atomic E-state index is 0.128. The predicted octanol–water partition coefficient (Wildman–Crippen LogP) is 6.20. The normalized spacial score (nSPS) is 18.7. The van der Waals surface area contributed by atoms with Gasteiger partial charge in [-0.2, -0.15) is 0 Å². The number of benzene rings is 2. The second-order valence-corrected chi connectivity index (χ2v) is 9.99. The molecule has 28 heavy (non-hydrogen) atoms. The van der Waals surface area contributed by atoms with Crippen molar-refractivity contribution < 1.29 is 0 Å². The van der Waals surface area contributed by atoms with Gasteiger partial charge in [0.2, 0.25) is 0 Å². The number of thiazole rings is 1. The predicted molar refractivity (Wildman–Crippen MR) is 121 cm³/mol. The Morgan fingerprint density at radius 3 is 2.25 bits per heavy atom. The first-order valence-electron chi connectivity index (χ1n) is 9.97. The van der Waals surface area contributed by atoms with Gasteiger partial charge in [-0.25, -0.2) is 4.98 Å². The molecule has 2 heterocycles. The van der Waals surface area contributed by atoms with E-state index in [4.69, 9.17) is 4.98 Å². The molecule has 3 aromatic rings. The average Bonchev–Trinajstić information content (AvgIpc) is 3.08. The minimum atomic E-state index is 0.128. The molecule has 0 radical (unpaired) electrons. The van der Waals surface area contributed by atoms with Crippen LogP contribution in [0, 0.1) is 0 Å². The van der Waals surface area contributed by atoms with E-state index in [9.17, 15) is 0 Å². The highest BCUT2D eigenvalue weighted by Gasteiger charge is 2.37. The highest BCUT2D eigenvalue weighted by atomic mass is 32.1. The number of aromatic nitrogens is 1. The molecule has 0 aliphatic carbocycles. The lowest BCUT2D eigenvalue weighted by Gasteiger charge is -2.46. The van der Waals surface area contributed by atoms with E-state index in [2.05, 4.69) is 98.3 Å². The molecule has 4 rings (SSSR count). The van der Waals surface area contributed by atoms with Gasteiger partial charge in [-0.1, -0.05) is 48.5 Å². The molecule has 1 aliphatic rings. The SMILES string of the molecule is CC1(C)CC(Nc2nc(-c3cccc(-c4ccccc4)c3)cs2)CC(C)(C)N1. The number of rotatable bonds is 4. The second-order valence-electron chi connectivity index (χ2n) is 9.13. The summed E-state index contributed by atoms with van der Waals surface area (Å²) in [6.07, 6.45) is 2.18. The summed E-state index contributed by atoms with van der Waals surface area (Å²) in [7, 11) is 0. The monoisotopic (exact) mass is 391 g/mol. The van der Waals surface area contributed by atoms with Gasteiger partial charge >= 0.3 is 0 Å². The fourth-order valence-corrected chi connectivity index (χ4v) is 5.36. The van der Waals surface area contributed by atoms with Crippen molar-refractivity contribution in [3.8, 4) is 22.4 Å². The van der Waals surface area contributed by atoms with Gasteiger partial charge in [0.05, 0.1) is 5.69 Å². The maximum atomic E-state index is 4.89. The van der Waals surface area contributed by atoms with Crippen molar-refractivity contribution in [3.63, 3.8) is 0 Å². The summed E-state index contributed by atoms with van der Waals surface area (Å²) in [5.41, 5.74) is 4.92. The van der Waals surface area contributed by atoms with Gasteiger partial charge in [0.1, 0.15) is 0 Å². The summed E-state index contributed by atoms with van der Waals surface area (Å²) in [6, 6.07) is 19.6. The van der Waals surface area contributed by atoms with Crippen molar-refractivity contribution in [2.75, 3.05) is 5.32 Å². The van der Waals surface area contributed by atoms with Gasteiger partial charge in [0.25, 0.3) is 0 Å². The van der Waals surface area contributed by atoms with Crippen LogP contribution in [0.5, 0.6) is 0 Å². The van der Waals surface area contributed by atoms with E-state index in [0.29, 0.717) is 6.04 Å². The van der Waals surface area contributed by atoms with Gasteiger partial charge in [-0.15, -0.1) is 11.3 Å². The van der Waals surface area contributed by atoms with Gasteiger partial charge in [0.15, 0.2) is 5.13 Å². The van der Waals surface area contributed by atoms with E-state index in [0.717, 1.165) is 29.2 Å². The molecule has 1 aromatic heterocycles. The van der Waals surface area contributed by atoms with Crippen LogP contribution in [0.4, 0.5) is 5.13 Å². The summed E-state index contributed by atoms with van der Waals surface area (Å²) in [6.45, 7) is 9.13. The van der Waals surface area contributed by atoms with Crippen molar-refractivity contribution in [2.45, 2.75) is 57.7 Å². The van der Waals surface area contributed by atoms with Crippen molar-refractivity contribution >= 4 is 16.5 Å². The van der Waals surface area contributed by atoms with Gasteiger partial charge in [-0.05, 0) is 57.7 Å². The number of nitrogens with zero attached hydrogens (tertiary/aromatic N) is 1. The standard InChI is InChI=1S/C24H29N3S/c1-23(2)14-20(15-24(3,4)27-23)25-22-26-21(16-28-22)19-12-8-11-18(13-19)17-9-6-5-7-10-17/h5-13,16,20,27H,14-15H2,1-4H3,(H,25,26). The third kappa shape index (κ3) is 4.45. The molecule has 0 amide bonds. The molecule has 2 aromatic carbocycles. The highest BCUT2D eigenvalue weighted by molar-refractivity contribution is 7.14. The van der Waals surface area contributed by atoms with Crippen molar-refractivity contribution in [2.24, 2.45) is 0 Å². The molecule has 0 atom stereocenters. The number of anilines is 1. The number of hydrogen-bond acceptors (Lipinski definition) is 4. The molecule has 1 saturated heterocycles. The lowest BCUT2D eigenvalue weighted by Crippen LogP contribution is -2.60. The lowest BCUT2D eigenvalue weighted by atomic mass is 9.80. The Morgan fingerprint density at radius 1 is 0.893 bits per heavy atom. The fourth-order valence-electron chi connectivity index (χ4n) is 4.56. The maximum Gasteiger partial charge on any atom is 0.183 e. The van der Waals surface area contributed by atoms with Crippen molar-refractivity contribution in [3.05, 3.63) is 60.0 Å². The Kier molecular flexibility index (Phi) is 5.02.